The number of aryl methyl sites for hydroxylation is 1. The van der Waals surface area contributed by atoms with Crippen LogP contribution in [0, 0.1) is 24.6 Å². The Bertz CT molecular complexity index is 2230. The van der Waals surface area contributed by atoms with E-state index in [0.29, 0.717) is 49.1 Å². The van der Waals surface area contributed by atoms with Gasteiger partial charge in [-0.1, -0.05) is 35.3 Å². The summed E-state index contributed by atoms with van der Waals surface area (Å²) < 4.78 is 39.0. The van der Waals surface area contributed by atoms with Crippen LogP contribution in [0.3, 0.4) is 0 Å². The summed E-state index contributed by atoms with van der Waals surface area (Å²) in [6, 6.07) is 12.8. The second-order valence-corrected chi connectivity index (χ2v) is 16.6. The maximum absolute atomic E-state index is 15.0. The van der Waals surface area contributed by atoms with Crippen LogP contribution in [0.15, 0.2) is 42.5 Å². The number of halogens is 1. The molecule has 0 amide bonds. The number of nitrogens with zero attached hydrogens (tertiary/aromatic N) is 6. The van der Waals surface area contributed by atoms with Crippen molar-refractivity contribution in [2.45, 2.75) is 78.1 Å². The van der Waals surface area contributed by atoms with E-state index in [1.807, 2.05) is 57.0 Å². The predicted octanol–water partition coefficient (Wildman–Crippen LogP) is 8.22. The van der Waals surface area contributed by atoms with Crippen molar-refractivity contribution in [1.82, 2.24) is 25.1 Å². The number of benzene rings is 2. The number of thiazole rings is 2. The van der Waals surface area contributed by atoms with Crippen molar-refractivity contribution in [3.63, 3.8) is 0 Å². The quantitative estimate of drug-likeness (QED) is 0.0660. The molecule has 0 bridgehead atoms. The molecule has 2 aromatic carbocycles. The van der Waals surface area contributed by atoms with Crippen molar-refractivity contribution in [1.29, 1.82) is 0 Å². The van der Waals surface area contributed by atoms with E-state index in [1.54, 1.807) is 30.4 Å². The van der Waals surface area contributed by atoms with E-state index in [2.05, 4.69) is 32.3 Å². The number of carbonyl (C=O) groups excluding carboxylic acids is 1. The van der Waals surface area contributed by atoms with Crippen molar-refractivity contribution in [2.24, 2.45) is 0 Å². The number of hydrogen-bond acceptors (Lipinski definition) is 14. The number of para-hydroxylation sites is 1. The van der Waals surface area contributed by atoms with Gasteiger partial charge >= 0.3 is 5.97 Å². The molecule has 12 nitrogen and oxygen atoms in total. The molecule has 0 radical (unpaired) electrons. The van der Waals surface area contributed by atoms with Gasteiger partial charge in [-0.25, -0.2) is 19.2 Å². The Morgan fingerprint density at radius 1 is 1.18 bits per heavy atom. The van der Waals surface area contributed by atoms with Crippen molar-refractivity contribution in [2.75, 3.05) is 56.7 Å². The summed E-state index contributed by atoms with van der Waals surface area (Å²) in [5, 5.41) is 14.0. The van der Waals surface area contributed by atoms with Crippen LogP contribution in [0.1, 0.15) is 78.5 Å². The molecule has 1 N–H and O–H groups in total. The first-order valence-corrected chi connectivity index (χ1v) is 21.0. The van der Waals surface area contributed by atoms with Gasteiger partial charge in [0.15, 0.2) is 44.9 Å². The van der Waals surface area contributed by atoms with E-state index in [4.69, 9.17) is 28.9 Å². The highest BCUT2D eigenvalue weighted by Crippen LogP contribution is 2.39. The average molecular weight is 814 g/mol. The number of rotatable bonds is 14. The maximum Gasteiger partial charge on any atom is 0.358 e. The number of aromatic nitrogens is 4. The molecule has 1 atom stereocenters. The first kappa shape index (κ1) is 40.5. The molecule has 15 heteroatoms. The molecule has 7 rings (SSSR count). The zero-order valence-corrected chi connectivity index (χ0v) is 34.7. The Labute approximate surface area is 340 Å². The summed E-state index contributed by atoms with van der Waals surface area (Å²) in [5.74, 6) is 6.27. The van der Waals surface area contributed by atoms with E-state index in [-0.39, 0.29) is 30.8 Å². The summed E-state index contributed by atoms with van der Waals surface area (Å²) in [6.07, 6.45) is 4.71. The van der Waals surface area contributed by atoms with E-state index >= 15 is 4.39 Å². The molecule has 0 spiro atoms. The van der Waals surface area contributed by atoms with Gasteiger partial charge in [-0.15, -0.1) is 21.5 Å². The molecule has 300 valence electrons. The average Bonchev–Trinajstić information content (AvgIpc) is 3.81. The van der Waals surface area contributed by atoms with Gasteiger partial charge in [0.25, 0.3) is 0 Å². The minimum Gasteiger partial charge on any atom is -0.491 e. The number of carbonyl (C=O) groups is 1. The van der Waals surface area contributed by atoms with Crippen LogP contribution in [0.2, 0.25) is 0 Å². The van der Waals surface area contributed by atoms with E-state index < -0.39 is 17.6 Å². The summed E-state index contributed by atoms with van der Waals surface area (Å²) in [4.78, 5) is 27.5. The largest absolute Gasteiger partial charge is 0.491 e. The molecule has 0 unspecified atom stereocenters. The Hall–Kier alpha value is -4.72. The van der Waals surface area contributed by atoms with Gasteiger partial charge in [0.05, 0.1) is 42.7 Å². The van der Waals surface area contributed by atoms with Gasteiger partial charge in [-0.3, -0.25) is 4.90 Å². The fourth-order valence-electron chi connectivity index (χ4n) is 6.86. The van der Waals surface area contributed by atoms with Crippen molar-refractivity contribution in [3.8, 4) is 17.6 Å². The normalized spacial score (nSPS) is 16.3. The van der Waals surface area contributed by atoms with Gasteiger partial charge in [-0.05, 0) is 104 Å². The van der Waals surface area contributed by atoms with Crippen molar-refractivity contribution < 1.29 is 28.1 Å². The molecule has 2 aliphatic heterocycles. The molecule has 0 saturated carbocycles. The topological polar surface area (TPSA) is 124 Å². The monoisotopic (exact) mass is 813 g/mol. The Balaban J connectivity index is 0.952. The highest BCUT2D eigenvalue weighted by molar-refractivity contribution is 7.22. The van der Waals surface area contributed by atoms with Gasteiger partial charge in [-0.2, -0.15) is 0 Å². The molecule has 2 aliphatic rings. The number of ether oxygens (including phenoxy) is 4. The first-order valence-electron chi connectivity index (χ1n) is 19.4. The van der Waals surface area contributed by atoms with Gasteiger partial charge in [0, 0.05) is 34.7 Å². The fourth-order valence-corrected chi connectivity index (χ4v) is 8.84. The molecule has 5 aromatic rings. The lowest BCUT2D eigenvalue weighted by molar-refractivity contribution is -0.274. The lowest BCUT2D eigenvalue weighted by Crippen LogP contribution is -2.41. The lowest BCUT2D eigenvalue weighted by atomic mass is 10.0. The third-order valence-electron chi connectivity index (χ3n) is 9.78. The SMILES string of the molecule is CCOC(=O)c1nc(N2CCCc3c2nnc(Nc2nc4ccccc4s2)c3C)sc1CCCOc1ccc(C#CCN(C)CC[C@H]2CCOC(C)(C)O2)cc1F. The van der Waals surface area contributed by atoms with Crippen LogP contribution < -0.4 is 15.0 Å². The summed E-state index contributed by atoms with van der Waals surface area (Å²) in [5.41, 5.74) is 3.88. The molecule has 0 aliphatic carbocycles. The second kappa shape index (κ2) is 18.3. The number of fused-ring (bicyclic) bond motifs is 2. The number of nitrogens with one attached hydrogen (secondary N) is 1. The highest BCUT2D eigenvalue weighted by atomic mass is 32.1. The Morgan fingerprint density at radius 3 is 2.84 bits per heavy atom. The number of anilines is 4. The van der Waals surface area contributed by atoms with Crippen molar-refractivity contribution in [3.05, 3.63) is 75.5 Å². The molecule has 3 aromatic heterocycles. The van der Waals surface area contributed by atoms with Crippen LogP contribution in [0.25, 0.3) is 10.2 Å². The lowest BCUT2D eigenvalue weighted by Gasteiger charge is -2.36. The minimum atomic E-state index is -0.540. The van der Waals surface area contributed by atoms with Gasteiger partial charge < -0.3 is 29.2 Å². The Kier molecular flexibility index (Phi) is 13.0. The van der Waals surface area contributed by atoms with Crippen LogP contribution in [0.5, 0.6) is 5.75 Å². The highest BCUT2D eigenvalue weighted by Gasteiger charge is 2.30. The van der Waals surface area contributed by atoms with Gasteiger partial charge in [0.1, 0.15) is 0 Å². The third kappa shape index (κ3) is 10.1. The van der Waals surface area contributed by atoms with E-state index in [9.17, 15) is 4.79 Å². The molecule has 1 fully saturated rings. The van der Waals surface area contributed by atoms with E-state index in [0.717, 1.165) is 69.4 Å². The molecule has 1 saturated heterocycles. The third-order valence-corrected chi connectivity index (χ3v) is 11.9. The van der Waals surface area contributed by atoms with Crippen LogP contribution in [-0.2, 0) is 27.1 Å². The van der Waals surface area contributed by atoms with Gasteiger partial charge in [0.2, 0.25) is 0 Å². The predicted molar refractivity (Wildman–Crippen MR) is 222 cm³/mol. The van der Waals surface area contributed by atoms with Crippen LogP contribution in [-0.4, -0.2) is 89.4 Å². The van der Waals surface area contributed by atoms with Crippen LogP contribution in [0.4, 0.5) is 26.3 Å². The molecule has 5 heterocycles. The summed E-state index contributed by atoms with van der Waals surface area (Å²) in [6.45, 7) is 11.0. The minimum absolute atomic E-state index is 0.156. The Morgan fingerprint density at radius 2 is 2.04 bits per heavy atom. The second-order valence-electron chi connectivity index (χ2n) is 14.5. The smallest absolute Gasteiger partial charge is 0.358 e. The fraction of sp³-hybridized carbons (Fsp3) is 0.452. The molecular formula is C42H48FN7O5S2. The first-order chi connectivity index (χ1) is 27.6. The molecular weight excluding hydrogens is 766 g/mol. The van der Waals surface area contributed by atoms with Crippen molar-refractivity contribution >= 4 is 60.8 Å². The zero-order valence-electron chi connectivity index (χ0n) is 33.0. The maximum atomic E-state index is 15.0. The number of hydrogen-bond donors (Lipinski definition) is 1. The number of esters is 1. The molecule has 57 heavy (non-hydrogen) atoms. The van der Waals surface area contributed by atoms with E-state index in [1.165, 1.54) is 17.4 Å². The van der Waals surface area contributed by atoms with Crippen LogP contribution >= 0.6 is 22.7 Å². The summed E-state index contributed by atoms with van der Waals surface area (Å²) in [7, 11) is 2.02. The zero-order chi connectivity index (χ0) is 39.9. The standard InChI is InChI=1S/C42H48FN7O5S2/c1-6-52-39(51)36-35(16-11-24-53-33-18-17-28(26-31(33)43)12-9-21-49(5)23-19-29-20-25-54-42(3,4)55-29)57-41(45-36)50-22-10-13-30-27(2)37(47-48-38(30)50)46-40-44-32-14-7-8-15-34(32)56-40/h7-8,14-15,17-18,26,29H,6,10-11,13,16,19-25H2,1-5H3,(H,44,46,47)/t29-/m0/s1. The summed E-state index contributed by atoms with van der Waals surface area (Å²) >= 11 is 3.00.